The molecule has 0 saturated heterocycles. The first-order chi connectivity index (χ1) is 12.5. The van der Waals surface area contributed by atoms with Gasteiger partial charge in [-0.25, -0.2) is 0 Å². The zero-order chi connectivity index (χ0) is 19.1. The number of carbonyl (C=O) groups excluding carboxylic acids is 1. The number of halogens is 1. The van der Waals surface area contributed by atoms with E-state index < -0.39 is 0 Å². The van der Waals surface area contributed by atoms with Gasteiger partial charge in [-0.1, -0.05) is 41.1 Å². The molecule has 1 unspecified atom stereocenters. The molecular weight excluding hydrogens is 394 g/mol. The van der Waals surface area contributed by atoms with E-state index in [0.717, 1.165) is 22.0 Å². The van der Waals surface area contributed by atoms with Crippen molar-refractivity contribution in [1.82, 2.24) is 5.32 Å². The summed E-state index contributed by atoms with van der Waals surface area (Å²) in [6.07, 6.45) is 3.15. The van der Waals surface area contributed by atoms with E-state index in [-0.39, 0.29) is 11.9 Å². The van der Waals surface area contributed by atoms with Crippen molar-refractivity contribution in [3.63, 3.8) is 0 Å². The Labute approximate surface area is 163 Å². The molecule has 1 atom stereocenters. The Balaban J connectivity index is 2.31. The van der Waals surface area contributed by atoms with Crippen LogP contribution >= 0.6 is 15.9 Å². The van der Waals surface area contributed by atoms with Gasteiger partial charge in [-0.15, -0.1) is 6.58 Å². The summed E-state index contributed by atoms with van der Waals surface area (Å²) in [6, 6.07) is 11.4. The quantitative estimate of drug-likeness (QED) is 0.609. The van der Waals surface area contributed by atoms with Gasteiger partial charge in [0.05, 0.1) is 20.3 Å². The molecule has 5 heteroatoms. The summed E-state index contributed by atoms with van der Waals surface area (Å²) in [4.78, 5) is 12.8. The molecule has 0 aliphatic rings. The molecule has 0 heterocycles. The number of hydrogen-bond donors (Lipinski definition) is 1. The number of amides is 1. The van der Waals surface area contributed by atoms with Crippen LogP contribution in [-0.2, 0) is 6.42 Å². The minimum atomic E-state index is -0.147. The Morgan fingerprint density at radius 1 is 1.23 bits per heavy atom. The van der Waals surface area contributed by atoms with Gasteiger partial charge in [0.25, 0.3) is 5.91 Å². The van der Waals surface area contributed by atoms with Crippen molar-refractivity contribution in [2.45, 2.75) is 25.8 Å². The van der Waals surface area contributed by atoms with Gasteiger partial charge in [0, 0.05) is 15.6 Å². The van der Waals surface area contributed by atoms with Crippen molar-refractivity contribution >= 4 is 21.8 Å². The first-order valence-electron chi connectivity index (χ1n) is 8.46. The molecule has 2 aromatic carbocycles. The number of hydrogen-bond acceptors (Lipinski definition) is 3. The van der Waals surface area contributed by atoms with E-state index in [4.69, 9.17) is 9.47 Å². The van der Waals surface area contributed by atoms with E-state index in [1.807, 2.05) is 37.3 Å². The molecule has 1 amide bonds. The van der Waals surface area contributed by atoms with Gasteiger partial charge in [0.2, 0.25) is 0 Å². The topological polar surface area (TPSA) is 47.6 Å². The fraction of sp³-hybridized carbons (Fsp3) is 0.286. The van der Waals surface area contributed by atoms with E-state index >= 15 is 0 Å². The third-order valence-corrected chi connectivity index (χ3v) is 4.70. The van der Waals surface area contributed by atoms with E-state index in [1.165, 1.54) is 0 Å². The number of nitrogens with one attached hydrogen (secondary N) is 1. The number of benzene rings is 2. The Bertz CT molecular complexity index is 772. The first-order valence-corrected chi connectivity index (χ1v) is 9.25. The van der Waals surface area contributed by atoms with E-state index in [9.17, 15) is 4.79 Å². The van der Waals surface area contributed by atoms with Gasteiger partial charge in [-0.3, -0.25) is 4.79 Å². The maximum absolute atomic E-state index is 12.8. The average Bonchev–Trinajstić information content (AvgIpc) is 2.66. The van der Waals surface area contributed by atoms with Gasteiger partial charge < -0.3 is 14.8 Å². The van der Waals surface area contributed by atoms with Crippen LogP contribution in [0.4, 0.5) is 0 Å². The summed E-state index contributed by atoms with van der Waals surface area (Å²) in [5, 5.41) is 3.10. The molecule has 26 heavy (non-hydrogen) atoms. The molecular formula is C21H24BrNO3. The van der Waals surface area contributed by atoms with Crippen molar-refractivity contribution in [3.8, 4) is 11.5 Å². The zero-order valence-corrected chi connectivity index (χ0v) is 16.9. The molecule has 0 aliphatic heterocycles. The normalized spacial score (nSPS) is 11.5. The highest BCUT2D eigenvalue weighted by Gasteiger charge is 2.18. The first kappa shape index (κ1) is 20.0. The van der Waals surface area contributed by atoms with Gasteiger partial charge in [0.1, 0.15) is 0 Å². The number of ether oxygens (including phenoxy) is 2. The Kier molecular flexibility index (Phi) is 7.27. The van der Waals surface area contributed by atoms with Crippen LogP contribution in [0.25, 0.3) is 0 Å². The molecule has 2 aromatic rings. The molecule has 0 aliphatic carbocycles. The van der Waals surface area contributed by atoms with Crippen molar-refractivity contribution in [1.29, 1.82) is 0 Å². The van der Waals surface area contributed by atoms with Gasteiger partial charge in [-0.2, -0.15) is 0 Å². The fourth-order valence-corrected chi connectivity index (χ4v) is 3.10. The van der Waals surface area contributed by atoms with Crippen LogP contribution in [0.3, 0.4) is 0 Å². The monoisotopic (exact) mass is 417 g/mol. The molecule has 0 saturated carbocycles. The van der Waals surface area contributed by atoms with E-state index in [1.54, 1.807) is 26.4 Å². The fourth-order valence-electron chi connectivity index (χ4n) is 2.84. The lowest BCUT2D eigenvalue weighted by Gasteiger charge is -2.19. The van der Waals surface area contributed by atoms with Crippen molar-refractivity contribution in [3.05, 3.63) is 70.2 Å². The van der Waals surface area contributed by atoms with Crippen LogP contribution in [0.1, 0.15) is 40.9 Å². The van der Waals surface area contributed by atoms with Crippen LogP contribution in [0.5, 0.6) is 11.5 Å². The van der Waals surface area contributed by atoms with Crippen molar-refractivity contribution < 1.29 is 14.3 Å². The van der Waals surface area contributed by atoms with Crippen molar-refractivity contribution in [2.75, 3.05) is 14.2 Å². The Morgan fingerprint density at radius 2 is 1.92 bits per heavy atom. The summed E-state index contributed by atoms with van der Waals surface area (Å²) in [6.45, 7) is 5.82. The summed E-state index contributed by atoms with van der Waals surface area (Å²) in [7, 11) is 3.15. The summed E-state index contributed by atoms with van der Waals surface area (Å²) >= 11 is 3.43. The Hall–Kier alpha value is -2.27. The molecule has 4 nitrogen and oxygen atoms in total. The number of carbonyl (C=O) groups is 1. The molecule has 0 fully saturated rings. The lowest BCUT2D eigenvalue weighted by molar-refractivity contribution is 0.0935. The molecule has 0 radical (unpaired) electrons. The standard InChI is InChI=1S/C21H24BrNO3/c1-5-7-15-12-16(13-19(25-3)20(15)26-4)21(24)23-18(6-2)14-8-10-17(22)11-9-14/h5,8-13,18H,1,6-7H2,2-4H3,(H,23,24). The van der Waals surface area contributed by atoms with Gasteiger partial charge in [0.15, 0.2) is 11.5 Å². The highest BCUT2D eigenvalue weighted by Crippen LogP contribution is 2.33. The molecule has 2 rings (SSSR count). The SMILES string of the molecule is C=CCc1cc(C(=O)NC(CC)c2ccc(Br)cc2)cc(OC)c1OC. The summed E-state index contributed by atoms with van der Waals surface area (Å²) in [5.74, 6) is 1.02. The lowest BCUT2D eigenvalue weighted by Crippen LogP contribution is -2.28. The average molecular weight is 418 g/mol. The predicted octanol–water partition coefficient (Wildman–Crippen LogP) is 5.08. The highest BCUT2D eigenvalue weighted by molar-refractivity contribution is 9.10. The maximum Gasteiger partial charge on any atom is 0.251 e. The van der Waals surface area contributed by atoms with E-state index in [2.05, 4.69) is 27.8 Å². The van der Waals surface area contributed by atoms with Gasteiger partial charge >= 0.3 is 0 Å². The Morgan fingerprint density at radius 3 is 2.46 bits per heavy atom. The minimum absolute atomic E-state index is 0.0634. The minimum Gasteiger partial charge on any atom is -0.493 e. The molecule has 0 aromatic heterocycles. The summed E-state index contributed by atoms with van der Waals surface area (Å²) in [5.41, 5.74) is 2.47. The van der Waals surface area contributed by atoms with Crippen LogP contribution < -0.4 is 14.8 Å². The second-order valence-electron chi connectivity index (χ2n) is 5.85. The smallest absolute Gasteiger partial charge is 0.251 e. The second-order valence-corrected chi connectivity index (χ2v) is 6.77. The van der Waals surface area contributed by atoms with Gasteiger partial charge in [-0.05, 0) is 42.7 Å². The molecule has 1 N–H and O–H groups in total. The van der Waals surface area contributed by atoms with Crippen molar-refractivity contribution in [2.24, 2.45) is 0 Å². The maximum atomic E-state index is 12.8. The third-order valence-electron chi connectivity index (χ3n) is 4.17. The van der Waals surface area contributed by atoms with E-state index in [0.29, 0.717) is 23.5 Å². The largest absolute Gasteiger partial charge is 0.493 e. The highest BCUT2D eigenvalue weighted by atomic mass is 79.9. The van der Waals surface area contributed by atoms with Crippen LogP contribution in [0.15, 0.2) is 53.5 Å². The number of allylic oxidation sites excluding steroid dienone is 1. The second kappa shape index (κ2) is 9.43. The zero-order valence-electron chi connectivity index (χ0n) is 15.3. The lowest BCUT2D eigenvalue weighted by atomic mass is 10.0. The predicted molar refractivity (Wildman–Crippen MR) is 108 cm³/mol. The molecule has 0 spiro atoms. The number of methoxy groups -OCH3 is 2. The number of rotatable bonds is 8. The molecule has 0 bridgehead atoms. The molecule has 138 valence electrons. The third kappa shape index (κ3) is 4.67. The van der Waals surface area contributed by atoms with Crippen LogP contribution in [0, 0.1) is 0 Å². The summed E-state index contributed by atoms with van der Waals surface area (Å²) < 4.78 is 11.8. The van der Waals surface area contributed by atoms with Crippen LogP contribution in [-0.4, -0.2) is 20.1 Å². The van der Waals surface area contributed by atoms with Crippen LogP contribution in [0.2, 0.25) is 0 Å².